The average molecular weight is 234 g/mol. The molecule has 0 spiro atoms. The second kappa shape index (κ2) is 5.80. The van der Waals surface area contributed by atoms with Crippen LogP contribution in [0.15, 0.2) is 24.3 Å². The summed E-state index contributed by atoms with van der Waals surface area (Å²) in [6.07, 6.45) is 0. The number of hydrogen-bond donors (Lipinski definition) is 2. The number of benzene rings is 1. The summed E-state index contributed by atoms with van der Waals surface area (Å²) < 4.78 is 5.25. The van der Waals surface area contributed by atoms with E-state index in [0.717, 1.165) is 12.1 Å². The smallest absolute Gasteiger partial charge is 0.239 e. The predicted octanol–water partition coefficient (Wildman–Crippen LogP) is 0.600. The Hall–Kier alpha value is -1.39. The minimum absolute atomic E-state index is 0.00488. The standard InChI is InChI=1S/C13H18N2O2/c1-10-2-4-11(5-3-10)8-15-13(16)12-9-17-7-6-14-12/h2-5,12,14H,6-9H2,1H3,(H,15,16). The lowest BCUT2D eigenvalue weighted by molar-refractivity contribution is -0.126. The summed E-state index contributed by atoms with van der Waals surface area (Å²) in [5, 5.41) is 6.03. The summed E-state index contributed by atoms with van der Waals surface area (Å²) in [7, 11) is 0. The molecule has 1 aliphatic rings. The first-order valence-electron chi connectivity index (χ1n) is 5.90. The third kappa shape index (κ3) is 3.54. The van der Waals surface area contributed by atoms with Crippen molar-refractivity contribution in [1.29, 1.82) is 0 Å². The number of rotatable bonds is 3. The summed E-state index contributed by atoms with van der Waals surface area (Å²) >= 11 is 0. The van der Waals surface area contributed by atoms with E-state index in [0.29, 0.717) is 19.8 Å². The maximum absolute atomic E-state index is 11.8. The van der Waals surface area contributed by atoms with E-state index in [2.05, 4.69) is 10.6 Å². The van der Waals surface area contributed by atoms with Gasteiger partial charge in [0, 0.05) is 13.1 Å². The van der Waals surface area contributed by atoms with Gasteiger partial charge < -0.3 is 15.4 Å². The summed E-state index contributed by atoms with van der Waals surface area (Å²) in [4.78, 5) is 11.8. The number of carbonyl (C=O) groups excluding carboxylic acids is 1. The van der Waals surface area contributed by atoms with Crippen LogP contribution in [-0.2, 0) is 16.1 Å². The lowest BCUT2D eigenvalue weighted by Crippen LogP contribution is -2.51. The van der Waals surface area contributed by atoms with Crippen molar-refractivity contribution in [3.05, 3.63) is 35.4 Å². The van der Waals surface area contributed by atoms with Gasteiger partial charge in [-0.3, -0.25) is 4.79 Å². The number of morpholine rings is 1. The normalized spacial score (nSPS) is 19.9. The molecule has 1 unspecified atom stereocenters. The monoisotopic (exact) mass is 234 g/mol. The van der Waals surface area contributed by atoms with Gasteiger partial charge in [0.05, 0.1) is 13.2 Å². The summed E-state index contributed by atoms with van der Waals surface area (Å²) in [5.41, 5.74) is 2.34. The number of amides is 1. The van der Waals surface area contributed by atoms with E-state index in [4.69, 9.17) is 4.74 Å². The zero-order valence-corrected chi connectivity index (χ0v) is 10.0. The molecule has 17 heavy (non-hydrogen) atoms. The zero-order valence-electron chi connectivity index (χ0n) is 10.0. The van der Waals surface area contributed by atoms with E-state index in [1.807, 2.05) is 31.2 Å². The molecule has 1 aliphatic heterocycles. The molecule has 0 aromatic heterocycles. The van der Waals surface area contributed by atoms with Crippen LogP contribution in [0.4, 0.5) is 0 Å². The van der Waals surface area contributed by atoms with E-state index in [1.54, 1.807) is 0 Å². The highest BCUT2D eigenvalue weighted by Gasteiger charge is 2.20. The van der Waals surface area contributed by atoms with Crippen LogP contribution in [0.1, 0.15) is 11.1 Å². The van der Waals surface area contributed by atoms with Crippen molar-refractivity contribution in [2.24, 2.45) is 0 Å². The van der Waals surface area contributed by atoms with Gasteiger partial charge >= 0.3 is 0 Å². The molecule has 2 N–H and O–H groups in total. The molecule has 1 fully saturated rings. The van der Waals surface area contributed by atoms with Crippen LogP contribution >= 0.6 is 0 Å². The molecule has 1 atom stereocenters. The molecule has 1 saturated heterocycles. The number of hydrogen-bond acceptors (Lipinski definition) is 3. The lowest BCUT2D eigenvalue weighted by Gasteiger charge is -2.22. The Kier molecular flexibility index (Phi) is 4.12. The van der Waals surface area contributed by atoms with Crippen LogP contribution in [0, 0.1) is 6.92 Å². The van der Waals surface area contributed by atoms with Crippen molar-refractivity contribution >= 4 is 5.91 Å². The van der Waals surface area contributed by atoms with E-state index >= 15 is 0 Å². The number of aryl methyl sites for hydroxylation is 1. The van der Waals surface area contributed by atoms with Gasteiger partial charge in [0.15, 0.2) is 0 Å². The van der Waals surface area contributed by atoms with E-state index in [-0.39, 0.29) is 11.9 Å². The molecule has 0 radical (unpaired) electrons. The third-order valence-corrected chi connectivity index (χ3v) is 2.83. The van der Waals surface area contributed by atoms with Crippen LogP contribution in [0.2, 0.25) is 0 Å². The molecule has 1 aromatic carbocycles. The van der Waals surface area contributed by atoms with Gasteiger partial charge in [-0.15, -0.1) is 0 Å². The fourth-order valence-corrected chi connectivity index (χ4v) is 1.75. The first kappa shape index (κ1) is 12.1. The van der Waals surface area contributed by atoms with Gasteiger partial charge in [0.1, 0.15) is 6.04 Å². The molecule has 1 heterocycles. The minimum atomic E-state index is -0.214. The second-order valence-electron chi connectivity index (χ2n) is 4.29. The van der Waals surface area contributed by atoms with Crippen LogP contribution in [0.5, 0.6) is 0 Å². The summed E-state index contributed by atoms with van der Waals surface area (Å²) in [5.74, 6) is 0.00488. The highest BCUT2D eigenvalue weighted by atomic mass is 16.5. The van der Waals surface area contributed by atoms with Crippen molar-refractivity contribution in [2.45, 2.75) is 19.5 Å². The number of carbonyl (C=O) groups is 1. The Morgan fingerprint density at radius 2 is 2.24 bits per heavy atom. The van der Waals surface area contributed by atoms with Crippen LogP contribution in [0.3, 0.4) is 0 Å². The predicted molar refractivity (Wildman–Crippen MR) is 65.6 cm³/mol. The molecule has 92 valence electrons. The van der Waals surface area contributed by atoms with Crippen molar-refractivity contribution in [3.8, 4) is 0 Å². The Morgan fingerprint density at radius 1 is 1.47 bits per heavy atom. The van der Waals surface area contributed by atoms with Gasteiger partial charge in [0.2, 0.25) is 5.91 Å². The Bertz CT molecular complexity index is 370. The minimum Gasteiger partial charge on any atom is -0.378 e. The van der Waals surface area contributed by atoms with Crippen LogP contribution in [0.25, 0.3) is 0 Å². The van der Waals surface area contributed by atoms with Crippen molar-refractivity contribution in [3.63, 3.8) is 0 Å². The topological polar surface area (TPSA) is 50.4 Å². The van der Waals surface area contributed by atoms with Gasteiger partial charge in [0.25, 0.3) is 0 Å². The molecule has 0 bridgehead atoms. The maximum Gasteiger partial charge on any atom is 0.239 e. The number of ether oxygens (including phenoxy) is 1. The summed E-state index contributed by atoms with van der Waals surface area (Å²) in [6, 6.07) is 7.93. The molecule has 0 saturated carbocycles. The molecular weight excluding hydrogens is 216 g/mol. The SMILES string of the molecule is Cc1ccc(CNC(=O)C2COCCN2)cc1. The molecule has 1 aromatic rings. The Labute approximate surface area is 101 Å². The van der Waals surface area contributed by atoms with E-state index < -0.39 is 0 Å². The fourth-order valence-electron chi connectivity index (χ4n) is 1.75. The Balaban J connectivity index is 1.81. The first-order valence-corrected chi connectivity index (χ1v) is 5.90. The van der Waals surface area contributed by atoms with Gasteiger partial charge in [-0.05, 0) is 12.5 Å². The second-order valence-corrected chi connectivity index (χ2v) is 4.29. The fraction of sp³-hybridized carbons (Fsp3) is 0.462. The van der Waals surface area contributed by atoms with Crippen molar-refractivity contribution in [1.82, 2.24) is 10.6 Å². The highest BCUT2D eigenvalue weighted by Crippen LogP contribution is 2.03. The third-order valence-electron chi connectivity index (χ3n) is 2.83. The summed E-state index contributed by atoms with van der Waals surface area (Å²) in [6.45, 7) is 4.49. The molecular formula is C13H18N2O2. The highest BCUT2D eigenvalue weighted by molar-refractivity contribution is 5.81. The molecule has 2 rings (SSSR count). The van der Waals surface area contributed by atoms with Gasteiger partial charge in [-0.2, -0.15) is 0 Å². The average Bonchev–Trinajstić information content (AvgIpc) is 2.39. The van der Waals surface area contributed by atoms with Crippen LogP contribution < -0.4 is 10.6 Å². The Morgan fingerprint density at radius 3 is 2.88 bits per heavy atom. The largest absolute Gasteiger partial charge is 0.378 e. The zero-order chi connectivity index (χ0) is 12.1. The van der Waals surface area contributed by atoms with Crippen LogP contribution in [-0.4, -0.2) is 31.7 Å². The number of nitrogens with one attached hydrogen (secondary N) is 2. The quantitative estimate of drug-likeness (QED) is 0.805. The van der Waals surface area contributed by atoms with Crippen molar-refractivity contribution < 1.29 is 9.53 Å². The molecule has 4 nitrogen and oxygen atoms in total. The molecule has 4 heteroatoms. The lowest BCUT2D eigenvalue weighted by atomic mass is 10.1. The van der Waals surface area contributed by atoms with Gasteiger partial charge in [-0.1, -0.05) is 29.8 Å². The maximum atomic E-state index is 11.8. The molecule has 0 aliphatic carbocycles. The van der Waals surface area contributed by atoms with Crippen molar-refractivity contribution in [2.75, 3.05) is 19.8 Å². The first-order chi connectivity index (χ1) is 8.25. The van der Waals surface area contributed by atoms with Gasteiger partial charge in [-0.25, -0.2) is 0 Å². The van der Waals surface area contributed by atoms with E-state index in [9.17, 15) is 4.79 Å². The molecule has 1 amide bonds. The van der Waals surface area contributed by atoms with E-state index in [1.165, 1.54) is 5.56 Å².